The van der Waals surface area contributed by atoms with Crippen LogP contribution in [0.3, 0.4) is 0 Å². The summed E-state index contributed by atoms with van der Waals surface area (Å²) in [6.07, 6.45) is 1.67. The van der Waals surface area contributed by atoms with Gasteiger partial charge < -0.3 is 14.8 Å². The fourth-order valence-corrected chi connectivity index (χ4v) is 2.85. The number of sulfonamides is 1. The molecular weight excluding hydrogens is 344 g/mol. The number of anilines is 1. The van der Waals surface area contributed by atoms with Crippen LogP contribution >= 0.6 is 0 Å². The van der Waals surface area contributed by atoms with Crippen molar-refractivity contribution in [3.63, 3.8) is 0 Å². The monoisotopic (exact) mass is 362 g/mol. The van der Waals surface area contributed by atoms with E-state index >= 15 is 0 Å². The van der Waals surface area contributed by atoms with Gasteiger partial charge in [-0.1, -0.05) is 12.1 Å². The normalized spacial score (nSPS) is 12.8. The van der Waals surface area contributed by atoms with Crippen LogP contribution in [-0.2, 0) is 16.4 Å². The van der Waals surface area contributed by atoms with Crippen LogP contribution in [0, 0.1) is 0 Å². The lowest BCUT2D eigenvalue weighted by molar-refractivity contribution is 0.102. The number of carbonyl (C=O) groups excluding carboxylic acids is 1. The third-order valence-corrected chi connectivity index (χ3v) is 4.35. The molecule has 0 saturated carbocycles. The Kier molecular flexibility index (Phi) is 4.91. The van der Waals surface area contributed by atoms with Crippen LogP contribution in [-0.4, -0.2) is 33.9 Å². The SMILES string of the molecule is CS(=O)(=O)NCCc1ccc(C(=O)Nc2ccc3c(c2)OCO3)cc1. The highest BCUT2D eigenvalue weighted by atomic mass is 32.2. The molecule has 0 spiro atoms. The summed E-state index contributed by atoms with van der Waals surface area (Å²) in [7, 11) is -3.19. The van der Waals surface area contributed by atoms with E-state index in [1.165, 1.54) is 0 Å². The number of rotatable bonds is 6. The first-order valence-corrected chi connectivity index (χ1v) is 9.54. The van der Waals surface area contributed by atoms with Crippen molar-refractivity contribution in [3.05, 3.63) is 53.6 Å². The largest absolute Gasteiger partial charge is 0.454 e. The van der Waals surface area contributed by atoms with Crippen molar-refractivity contribution in [2.45, 2.75) is 6.42 Å². The van der Waals surface area contributed by atoms with Crippen LogP contribution in [0.1, 0.15) is 15.9 Å². The molecule has 0 radical (unpaired) electrons. The molecule has 1 aliphatic heterocycles. The van der Waals surface area contributed by atoms with Crippen LogP contribution in [0.5, 0.6) is 11.5 Å². The standard InChI is InChI=1S/C17H18N2O5S/c1-25(21,22)18-9-8-12-2-4-13(5-3-12)17(20)19-14-6-7-15-16(10-14)24-11-23-15/h2-7,10,18H,8-9,11H2,1H3,(H,19,20). The minimum atomic E-state index is -3.19. The number of hydrogen-bond donors (Lipinski definition) is 2. The van der Waals surface area contributed by atoms with Crippen LogP contribution < -0.4 is 19.5 Å². The molecule has 7 nitrogen and oxygen atoms in total. The highest BCUT2D eigenvalue weighted by Crippen LogP contribution is 2.34. The Morgan fingerprint density at radius 3 is 2.52 bits per heavy atom. The Morgan fingerprint density at radius 2 is 1.80 bits per heavy atom. The van der Waals surface area contributed by atoms with E-state index < -0.39 is 10.0 Å². The van der Waals surface area contributed by atoms with E-state index in [9.17, 15) is 13.2 Å². The molecule has 8 heteroatoms. The van der Waals surface area contributed by atoms with Crippen LogP contribution in [0.2, 0.25) is 0 Å². The molecule has 0 bridgehead atoms. The maximum atomic E-state index is 12.3. The van der Waals surface area contributed by atoms with Crippen molar-refractivity contribution < 1.29 is 22.7 Å². The van der Waals surface area contributed by atoms with E-state index in [0.29, 0.717) is 35.7 Å². The molecule has 1 heterocycles. The average molecular weight is 362 g/mol. The minimum Gasteiger partial charge on any atom is -0.454 e. The molecule has 0 saturated heterocycles. The Morgan fingerprint density at radius 1 is 1.08 bits per heavy atom. The summed E-state index contributed by atoms with van der Waals surface area (Å²) >= 11 is 0. The molecular formula is C17H18N2O5S. The minimum absolute atomic E-state index is 0.183. The summed E-state index contributed by atoms with van der Waals surface area (Å²) < 4.78 is 35.0. The third-order valence-electron chi connectivity index (χ3n) is 3.62. The summed E-state index contributed by atoms with van der Waals surface area (Å²) in [6, 6.07) is 12.2. The third kappa shape index (κ3) is 4.71. The van der Waals surface area contributed by atoms with E-state index in [-0.39, 0.29) is 12.7 Å². The lowest BCUT2D eigenvalue weighted by Gasteiger charge is -2.07. The predicted molar refractivity (Wildman–Crippen MR) is 93.5 cm³/mol. The summed E-state index contributed by atoms with van der Waals surface area (Å²) in [5.74, 6) is 1.02. The molecule has 25 heavy (non-hydrogen) atoms. The smallest absolute Gasteiger partial charge is 0.255 e. The van der Waals surface area contributed by atoms with Gasteiger partial charge in [0.2, 0.25) is 16.8 Å². The van der Waals surface area contributed by atoms with Crippen molar-refractivity contribution in [1.82, 2.24) is 4.72 Å². The Hall–Kier alpha value is -2.58. The number of fused-ring (bicyclic) bond motifs is 1. The van der Waals surface area contributed by atoms with E-state index in [2.05, 4.69) is 10.0 Å². The molecule has 3 rings (SSSR count). The molecule has 1 amide bonds. The predicted octanol–water partition coefficient (Wildman–Crippen LogP) is 1.76. The highest BCUT2D eigenvalue weighted by molar-refractivity contribution is 7.88. The zero-order chi connectivity index (χ0) is 17.9. The molecule has 0 aromatic heterocycles. The molecule has 1 aliphatic rings. The number of hydrogen-bond acceptors (Lipinski definition) is 5. The van der Waals surface area contributed by atoms with Crippen molar-refractivity contribution in [1.29, 1.82) is 0 Å². The first kappa shape index (κ1) is 17.2. The van der Waals surface area contributed by atoms with Crippen LogP contribution in [0.15, 0.2) is 42.5 Å². The molecule has 2 N–H and O–H groups in total. The van der Waals surface area contributed by atoms with Crippen LogP contribution in [0.25, 0.3) is 0 Å². The second-order valence-corrected chi connectivity index (χ2v) is 7.47. The maximum Gasteiger partial charge on any atom is 0.255 e. The average Bonchev–Trinajstić information content (AvgIpc) is 3.02. The zero-order valence-electron chi connectivity index (χ0n) is 13.6. The molecule has 132 valence electrons. The molecule has 0 atom stereocenters. The van der Waals surface area contributed by atoms with Crippen molar-refractivity contribution in [2.75, 3.05) is 24.9 Å². The molecule has 2 aromatic rings. The zero-order valence-corrected chi connectivity index (χ0v) is 14.4. The number of benzene rings is 2. The lowest BCUT2D eigenvalue weighted by Crippen LogP contribution is -2.24. The van der Waals surface area contributed by atoms with Gasteiger partial charge in [-0.05, 0) is 36.2 Å². The molecule has 0 unspecified atom stereocenters. The quantitative estimate of drug-likeness (QED) is 0.817. The summed E-state index contributed by atoms with van der Waals surface area (Å²) in [4.78, 5) is 12.3. The Bertz CT molecular complexity index is 878. The number of carbonyl (C=O) groups is 1. The Labute approximate surface area is 146 Å². The fourth-order valence-electron chi connectivity index (χ4n) is 2.38. The second kappa shape index (κ2) is 7.12. The number of ether oxygens (including phenoxy) is 2. The maximum absolute atomic E-state index is 12.3. The highest BCUT2D eigenvalue weighted by Gasteiger charge is 2.14. The topological polar surface area (TPSA) is 93.7 Å². The van der Waals surface area contributed by atoms with Gasteiger partial charge in [-0.2, -0.15) is 0 Å². The van der Waals surface area contributed by atoms with Gasteiger partial charge in [0.15, 0.2) is 11.5 Å². The van der Waals surface area contributed by atoms with Crippen molar-refractivity contribution in [2.24, 2.45) is 0 Å². The first-order chi connectivity index (χ1) is 11.9. The lowest BCUT2D eigenvalue weighted by atomic mass is 10.1. The second-order valence-electron chi connectivity index (χ2n) is 5.64. The summed E-state index contributed by atoms with van der Waals surface area (Å²) in [6.45, 7) is 0.504. The number of nitrogens with one attached hydrogen (secondary N) is 2. The molecule has 0 fully saturated rings. The van der Waals surface area contributed by atoms with Crippen LogP contribution in [0.4, 0.5) is 5.69 Å². The molecule has 2 aromatic carbocycles. The van der Waals surface area contributed by atoms with Gasteiger partial charge in [0.05, 0.1) is 6.26 Å². The van der Waals surface area contributed by atoms with Crippen molar-refractivity contribution in [3.8, 4) is 11.5 Å². The number of amides is 1. The van der Waals surface area contributed by atoms with E-state index in [1.54, 1.807) is 42.5 Å². The van der Waals surface area contributed by atoms with E-state index in [0.717, 1.165) is 11.8 Å². The van der Waals surface area contributed by atoms with Gasteiger partial charge >= 0.3 is 0 Å². The first-order valence-electron chi connectivity index (χ1n) is 7.65. The summed E-state index contributed by atoms with van der Waals surface area (Å²) in [5.41, 5.74) is 2.07. The van der Waals surface area contributed by atoms with Gasteiger partial charge in [-0.3, -0.25) is 4.79 Å². The van der Waals surface area contributed by atoms with E-state index in [4.69, 9.17) is 9.47 Å². The van der Waals surface area contributed by atoms with Gasteiger partial charge in [0.1, 0.15) is 0 Å². The summed E-state index contributed by atoms with van der Waals surface area (Å²) in [5, 5.41) is 2.80. The van der Waals surface area contributed by atoms with Gasteiger partial charge in [0, 0.05) is 23.9 Å². The van der Waals surface area contributed by atoms with Crippen molar-refractivity contribution >= 4 is 21.6 Å². The Balaban J connectivity index is 1.59. The van der Waals surface area contributed by atoms with Gasteiger partial charge in [-0.15, -0.1) is 0 Å². The molecule has 0 aliphatic carbocycles. The fraction of sp³-hybridized carbons (Fsp3) is 0.235. The van der Waals surface area contributed by atoms with Gasteiger partial charge in [0.25, 0.3) is 5.91 Å². The van der Waals surface area contributed by atoms with Gasteiger partial charge in [-0.25, -0.2) is 13.1 Å². The van der Waals surface area contributed by atoms with E-state index in [1.807, 2.05) is 0 Å².